The quantitative estimate of drug-likeness (QED) is 0.140. The number of rotatable bonds is 9. The van der Waals surface area contributed by atoms with E-state index in [1.165, 1.54) is 10.8 Å². The first-order valence-corrected chi connectivity index (χ1v) is 19.2. The van der Waals surface area contributed by atoms with Crippen LogP contribution in [0.1, 0.15) is 0 Å². The van der Waals surface area contributed by atoms with Crippen molar-refractivity contribution in [1.29, 1.82) is 0 Å². The molecule has 6 aromatic carbocycles. The molecule has 0 radical (unpaired) electrons. The van der Waals surface area contributed by atoms with E-state index in [9.17, 15) is 0 Å². The molecule has 7 heteroatoms. The Balaban J connectivity index is 1.28. The Hall–Kier alpha value is -6.75. The van der Waals surface area contributed by atoms with Gasteiger partial charge in [0, 0.05) is 33.5 Å². The maximum absolute atomic E-state index is 16.9. The highest BCUT2D eigenvalue weighted by molar-refractivity contribution is 7.75. The van der Waals surface area contributed by atoms with Crippen molar-refractivity contribution in [3.05, 3.63) is 206 Å². The van der Waals surface area contributed by atoms with Crippen LogP contribution in [0, 0.1) is 0 Å². The molecule has 0 N–H and O–H groups in total. The molecule has 0 unspecified atom stereocenters. The van der Waals surface area contributed by atoms with Gasteiger partial charge in [-0.3, -0.25) is 18.5 Å². The molecule has 0 saturated heterocycles. The van der Waals surface area contributed by atoms with Crippen LogP contribution >= 0.6 is 7.44 Å². The van der Waals surface area contributed by atoms with E-state index in [1.807, 2.05) is 167 Å². The van der Waals surface area contributed by atoms with Crippen molar-refractivity contribution in [2.75, 3.05) is 9.34 Å². The highest BCUT2D eigenvalue weighted by atomic mass is 31.2. The Kier molecular flexibility index (Phi) is 8.35. The number of para-hydroxylation sites is 6. The summed E-state index contributed by atoms with van der Waals surface area (Å²) < 4.78 is 23.0. The number of benzene rings is 6. The number of hydrogen-bond acceptors (Lipinski definition) is 3. The van der Waals surface area contributed by atoms with Gasteiger partial charge in [0.25, 0.3) is 0 Å². The van der Waals surface area contributed by atoms with Gasteiger partial charge in [-0.15, -0.1) is 0 Å². The standard InChI is InChI=1S/C46H34N5OP/c52-53(50(35-19-5-1-6-20-35)36-21-7-2-8-22-36,51(37-23-9-3-10-24-37)38-25-11-4-12-26-38)46-34-18-30-42(48-46)41-29-17-33-45(47-41)49-43-31-15-13-27-39(43)40-28-14-16-32-44(40)49/h1-34H. The summed E-state index contributed by atoms with van der Waals surface area (Å²) in [5.41, 5.74) is 6.96. The minimum Gasteiger partial charge on any atom is -0.294 e. The lowest BCUT2D eigenvalue weighted by atomic mass is 10.2. The van der Waals surface area contributed by atoms with E-state index >= 15 is 4.57 Å². The number of nitrogens with zero attached hydrogens (tertiary/aromatic N) is 5. The first kappa shape index (κ1) is 32.2. The number of hydrogen-bond donors (Lipinski definition) is 0. The molecule has 53 heavy (non-hydrogen) atoms. The summed E-state index contributed by atoms with van der Waals surface area (Å²) in [5, 5.41) is 2.33. The van der Waals surface area contributed by atoms with Gasteiger partial charge < -0.3 is 0 Å². The fourth-order valence-electron chi connectivity index (χ4n) is 7.08. The van der Waals surface area contributed by atoms with Crippen molar-refractivity contribution in [3.8, 4) is 17.2 Å². The van der Waals surface area contributed by atoms with Crippen LogP contribution in [0.3, 0.4) is 0 Å². The monoisotopic (exact) mass is 703 g/mol. The van der Waals surface area contributed by atoms with E-state index in [0.29, 0.717) is 16.8 Å². The molecule has 0 aliphatic rings. The Morgan fingerprint density at radius 1 is 0.377 bits per heavy atom. The van der Waals surface area contributed by atoms with Gasteiger partial charge >= 0.3 is 7.44 Å². The smallest absolute Gasteiger partial charge is 0.294 e. The topological polar surface area (TPSA) is 54.3 Å². The van der Waals surface area contributed by atoms with Gasteiger partial charge in [-0.1, -0.05) is 121 Å². The van der Waals surface area contributed by atoms with Gasteiger partial charge in [0.15, 0.2) is 0 Å². The van der Waals surface area contributed by atoms with Gasteiger partial charge in [0.2, 0.25) is 0 Å². The van der Waals surface area contributed by atoms with Crippen LogP contribution in [0.25, 0.3) is 39.0 Å². The zero-order chi connectivity index (χ0) is 35.6. The third-order valence-electron chi connectivity index (χ3n) is 9.38. The van der Waals surface area contributed by atoms with Crippen molar-refractivity contribution in [3.63, 3.8) is 0 Å². The fourth-order valence-corrected chi connectivity index (χ4v) is 9.98. The SMILES string of the molecule is O=P(c1cccc(-c2cccc(-n3c4ccccc4c4ccccc43)n2)n1)(N(c1ccccc1)c1ccccc1)N(c1ccccc1)c1ccccc1. The molecule has 0 bridgehead atoms. The van der Waals surface area contributed by atoms with E-state index in [0.717, 1.165) is 39.6 Å². The molecule has 0 aliphatic heterocycles. The average Bonchev–Trinajstić information content (AvgIpc) is 3.57. The van der Waals surface area contributed by atoms with Crippen LogP contribution < -0.4 is 14.8 Å². The van der Waals surface area contributed by atoms with Gasteiger partial charge in [0.1, 0.15) is 11.3 Å². The number of pyridine rings is 2. The van der Waals surface area contributed by atoms with Crippen LogP contribution in [0.4, 0.5) is 22.7 Å². The second-order valence-corrected chi connectivity index (χ2v) is 15.0. The number of anilines is 4. The van der Waals surface area contributed by atoms with Gasteiger partial charge in [-0.2, -0.15) is 0 Å². The molecule has 3 aromatic heterocycles. The van der Waals surface area contributed by atoms with E-state index < -0.39 is 7.44 Å². The zero-order valence-corrected chi connectivity index (χ0v) is 29.6. The van der Waals surface area contributed by atoms with Crippen molar-refractivity contribution < 1.29 is 4.57 Å². The predicted molar refractivity (Wildman–Crippen MR) is 219 cm³/mol. The first-order chi connectivity index (χ1) is 26.2. The highest BCUT2D eigenvalue weighted by Crippen LogP contribution is 2.62. The van der Waals surface area contributed by atoms with Crippen LogP contribution in [0.5, 0.6) is 0 Å². The molecule has 0 fully saturated rings. The molecule has 0 amide bonds. The Bertz CT molecular complexity index is 2500. The maximum Gasteiger partial charge on any atom is 0.319 e. The summed E-state index contributed by atoms with van der Waals surface area (Å²) in [6, 6.07) is 68.2. The minimum atomic E-state index is -3.93. The van der Waals surface area contributed by atoms with Gasteiger partial charge in [0.05, 0.1) is 22.4 Å². The summed E-state index contributed by atoms with van der Waals surface area (Å²) in [7, 11) is -3.93. The number of aromatic nitrogens is 3. The summed E-state index contributed by atoms with van der Waals surface area (Å²) in [4.78, 5) is 10.5. The Labute approximate surface area is 308 Å². The molecule has 9 aromatic rings. The molecule has 0 saturated carbocycles. The van der Waals surface area contributed by atoms with Crippen LogP contribution in [-0.4, -0.2) is 14.5 Å². The second-order valence-electron chi connectivity index (χ2n) is 12.6. The summed E-state index contributed by atoms with van der Waals surface area (Å²) in [6.07, 6.45) is 0. The van der Waals surface area contributed by atoms with Gasteiger partial charge in [-0.25, -0.2) is 9.97 Å². The molecule has 0 aliphatic carbocycles. The molecule has 0 atom stereocenters. The fraction of sp³-hybridized carbons (Fsp3) is 0. The summed E-state index contributed by atoms with van der Waals surface area (Å²) in [6.45, 7) is 0. The van der Waals surface area contributed by atoms with E-state index in [-0.39, 0.29) is 0 Å². The minimum absolute atomic E-state index is 0.416. The van der Waals surface area contributed by atoms with Crippen LogP contribution in [0.2, 0.25) is 0 Å². The summed E-state index contributed by atoms with van der Waals surface area (Å²) >= 11 is 0. The average molecular weight is 704 g/mol. The van der Waals surface area contributed by atoms with E-state index in [1.54, 1.807) is 0 Å². The van der Waals surface area contributed by atoms with E-state index in [2.05, 4.69) is 53.1 Å². The third-order valence-corrected chi connectivity index (χ3v) is 12.2. The normalized spacial score (nSPS) is 11.5. The Morgan fingerprint density at radius 2 is 0.755 bits per heavy atom. The zero-order valence-electron chi connectivity index (χ0n) is 28.7. The van der Waals surface area contributed by atoms with Crippen molar-refractivity contribution in [2.45, 2.75) is 0 Å². The van der Waals surface area contributed by atoms with Gasteiger partial charge in [-0.05, 0) is 84.9 Å². The summed E-state index contributed by atoms with van der Waals surface area (Å²) in [5.74, 6) is 0.778. The molecule has 0 spiro atoms. The van der Waals surface area contributed by atoms with Crippen molar-refractivity contribution >= 4 is 57.4 Å². The Morgan fingerprint density at radius 3 is 1.21 bits per heavy atom. The first-order valence-electron chi connectivity index (χ1n) is 17.6. The third kappa shape index (κ3) is 5.76. The van der Waals surface area contributed by atoms with Crippen molar-refractivity contribution in [1.82, 2.24) is 14.5 Å². The lowest BCUT2D eigenvalue weighted by Gasteiger charge is -2.41. The van der Waals surface area contributed by atoms with Crippen molar-refractivity contribution in [2.24, 2.45) is 0 Å². The van der Waals surface area contributed by atoms with Crippen LogP contribution in [0.15, 0.2) is 206 Å². The molecule has 6 nitrogen and oxygen atoms in total. The molecular weight excluding hydrogens is 670 g/mol. The molecule has 9 rings (SSSR count). The lowest BCUT2D eigenvalue weighted by molar-refractivity contribution is 0.580. The number of fused-ring (bicyclic) bond motifs is 3. The van der Waals surface area contributed by atoms with Crippen LogP contribution in [-0.2, 0) is 4.57 Å². The largest absolute Gasteiger partial charge is 0.319 e. The van der Waals surface area contributed by atoms with E-state index in [4.69, 9.17) is 9.97 Å². The second kappa shape index (κ2) is 13.8. The maximum atomic E-state index is 16.9. The predicted octanol–water partition coefficient (Wildman–Crippen LogP) is 11.7. The molecule has 254 valence electrons. The highest BCUT2D eigenvalue weighted by Gasteiger charge is 2.43. The molecule has 3 heterocycles. The molecular formula is C46H34N5OP. The lowest BCUT2D eigenvalue weighted by Crippen LogP contribution is -2.34.